The first-order valence-electron chi connectivity index (χ1n) is 4.50. The number of hydrogen-bond acceptors (Lipinski definition) is 5. The molecule has 0 fully saturated rings. The molecule has 0 radical (unpaired) electrons. The van der Waals surface area contributed by atoms with E-state index in [1.807, 2.05) is 0 Å². The highest BCUT2D eigenvalue weighted by atomic mass is 28.4. The maximum absolute atomic E-state index is 5.50. The average molecular weight is 220 g/mol. The van der Waals surface area contributed by atoms with E-state index in [1.165, 1.54) is 0 Å². The van der Waals surface area contributed by atoms with Crippen molar-refractivity contribution in [3.05, 3.63) is 12.7 Å². The van der Waals surface area contributed by atoms with Crippen molar-refractivity contribution in [1.29, 1.82) is 0 Å². The van der Waals surface area contributed by atoms with Crippen LogP contribution in [0.1, 0.15) is 0 Å². The molecule has 5 nitrogen and oxygen atoms in total. The summed E-state index contributed by atoms with van der Waals surface area (Å²) in [6.07, 6.45) is 2.23. The first-order valence-corrected chi connectivity index (χ1v) is 6.43. The highest BCUT2D eigenvalue weighted by Gasteiger charge is 2.38. The van der Waals surface area contributed by atoms with Crippen LogP contribution in [0.4, 0.5) is 0 Å². The predicted octanol–water partition coefficient (Wildman–Crippen LogP) is -0.492. The van der Waals surface area contributed by atoms with Gasteiger partial charge in [-0.1, -0.05) is 6.08 Å². The van der Waals surface area contributed by atoms with E-state index in [9.17, 15) is 0 Å². The summed E-state index contributed by atoms with van der Waals surface area (Å²) in [7, 11) is 0.633. The van der Waals surface area contributed by atoms with Gasteiger partial charge in [0.25, 0.3) is 0 Å². The molecule has 0 aliphatic carbocycles. The number of nitrogens with two attached hydrogens (primary N) is 1. The van der Waals surface area contributed by atoms with Crippen LogP contribution in [0.25, 0.3) is 0 Å². The van der Waals surface area contributed by atoms with E-state index in [1.54, 1.807) is 20.3 Å². The van der Waals surface area contributed by atoms with E-state index in [2.05, 4.69) is 11.9 Å². The zero-order valence-electron chi connectivity index (χ0n) is 8.91. The van der Waals surface area contributed by atoms with Gasteiger partial charge in [-0.15, -0.1) is 6.58 Å². The minimum absolute atomic E-state index is 0.429. The lowest BCUT2D eigenvalue weighted by Crippen LogP contribution is -2.53. The molecular weight excluding hydrogens is 200 g/mol. The molecule has 0 aromatic carbocycles. The highest BCUT2D eigenvalue weighted by Crippen LogP contribution is 2.05. The van der Waals surface area contributed by atoms with Gasteiger partial charge < -0.3 is 24.3 Å². The first-order chi connectivity index (χ1) is 6.74. The molecule has 0 amide bonds. The van der Waals surface area contributed by atoms with Crippen molar-refractivity contribution in [2.45, 2.75) is 0 Å². The van der Waals surface area contributed by atoms with Crippen LogP contribution < -0.4 is 11.1 Å². The Hall–Kier alpha value is -0.243. The quantitative estimate of drug-likeness (QED) is 0.312. The van der Waals surface area contributed by atoms with Crippen LogP contribution in [0.3, 0.4) is 0 Å². The monoisotopic (exact) mass is 220 g/mol. The van der Waals surface area contributed by atoms with Crippen molar-refractivity contribution in [3.8, 4) is 0 Å². The standard InChI is InChI=1S/C8H20N2O3Si/c1-4-7-13-14(11-2,12-3)8-10-6-5-9/h4,10H,1,5-9H2,2-3H3. The molecular formula is C8H20N2O3Si. The fourth-order valence-electron chi connectivity index (χ4n) is 0.926. The summed E-state index contributed by atoms with van der Waals surface area (Å²) in [5.74, 6) is 0. The second-order valence-electron chi connectivity index (χ2n) is 2.66. The van der Waals surface area contributed by atoms with Gasteiger partial charge in [-0.3, -0.25) is 0 Å². The van der Waals surface area contributed by atoms with Gasteiger partial charge in [0.2, 0.25) is 0 Å². The third kappa shape index (κ3) is 4.84. The largest absolute Gasteiger partial charge is 0.515 e. The summed E-state index contributed by atoms with van der Waals surface area (Å²) in [4.78, 5) is 0. The van der Waals surface area contributed by atoms with Crippen LogP contribution in [-0.2, 0) is 13.3 Å². The molecule has 0 rings (SSSR count). The molecule has 0 aliphatic rings. The molecule has 0 aliphatic heterocycles. The lowest BCUT2D eigenvalue weighted by atomic mass is 10.7. The van der Waals surface area contributed by atoms with Crippen LogP contribution in [0.5, 0.6) is 0 Å². The topological polar surface area (TPSA) is 65.7 Å². The highest BCUT2D eigenvalue weighted by molar-refractivity contribution is 6.60. The fraction of sp³-hybridized carbons (Fsp3) is 0.750. The minimum atomic E-state index is -2.54. The predicted molar refractivity (Wildman–Crippen MR) is 57.8 cm³/mol. The van der Waals surface area contributed by atoms with Gasteiger partial charge in [-0.25, -0.2) is 0 Å². The third-order valence-electron chi connectivity index (χ3n) is 1.71. The van der Waals surface area contributed by atoms with E-state index in [4.69, 9.17) is 19.0 Å². The Balaban J connectivity index is 3.99. The van der Waals surface area contributed by atoms with Crippen molar-refractivity contribution >= 4 is 8.80 Å². The lowest BCUT2D eigenvalue weighted by Gasteiger charge is -2.25. The van der Waals surface area contributed by atoms with Gasteiger partial charge in [0.05, 0.1) is 12.8 Å². The summed E-state index contributed by atoms with van der Waals surface area (Å²) in [6.45, 7) is 5.31. The van der Waals surface area contributed by atoms with Crippen molar-refractivity contribution in [1.82, 2.24) is 5.32 Å². The number of hydrogen-bond donors (Lipinski definition) is 2. The molecule has 0 saturated heterocycles. The summed E-state index contributed by atoms with van der Waals surface area (Å²) < 4.78 is 16.1. The maximum atomic E-state index is 5.50. The van der Waals surface area contributed by atoms with Crippen LogP contribution in [0.15, 0.2) is 12.7 Å². The Morgan fingerprint density at radius 1 is 1.43 bits per heavy atom. The van der Waals surface area contributed by atoms with Gasteiger partial charge in [-0.05, 0) is 0 Å². The van der Waals surface area contributed by atoms with E-state index in [0.717, 1.165) is 6.54 Å². The van der Waals surface area contributed by atoms with Crippen LogP contribution in [0.2, 0.25) is 0 Å². The number of nitrogens with one attached hydrogen (secondary N) is 1. The Morgan fingerprint density at radius 3 is 2.50 bits per heavy atom. The first kappa shape index (κ1) is 13.8. The van der Waals surface area contributed by atoms with Crippen molar-refractivity contribution in [2.75, 3.05) is 40.1 Å². The van der Waals surface area contributed by atoms with Crippen LogP contribution in [0, 0.1) is 0 Å². The van der Waals surface area contributed by atoms with Gasteiger partial charge in [0, 0.05) is 27.3 Å². The van der Waals surface area contributed by atoms with E-state index < -0.39 is 8.80 Å². The zero-order chi connectivity index (χ0) is 10.9. The molecule has 3 N–H and O–H groups in total. The summed E-state index contributed by atoms with van der Waals surface area (Å²) >= 11 is 0. The molecule has 0 spiro atoms. The Bertz CT molecular complexity index is 154. The van der Waals surface area contributed by atoms with Crippen molar-refractivity contribution < 1.29 is 13.3 Å². The molecule has 14 heavy (non-hydrogen) atoms. The molecule has 0 atom stereocenters. The number of rotatable bonds is 9. The molecule has 0 aromatic heterocycles. The SMILES string of the molecule is C=CCO[Si](CNCCN)(OC)OC. The minimum Gasteiger partial charge on any atom is -0.376 e. The molecule has 0 heterocycles. The summed E-state index contributed by atoms with van der Waals surface area (Å²) in [5, 5.41) is 3.11. The Morgan fingerprint density at radius 2 is 2.07 bits per heavy atom. The molecule has 84 valence electrons. The molecule has 0 aromatic rings. The second-order valence-corrected chi connectivity index (χ2v) is 5.48. The van der Waals surface area contributed by atoms with Crippen LogP contribution >= 0.6 is 0 Å². The average Bonchev–Trinajstić information content (AvgIpc) is 2.24. The van der Waals surface area contributed by atoms with Crippen molar-refractivity contribution in [3.63, 3.8) is 0 Å². The molecule has 0 saturated carbocycles. The Labute approximate surface area is 86.6 Å². The van der Waals surface area contributed by atoms with Gasteiger partial charge in [-0.2, -0.15) is 0 Å². The molecule has 0 unspecified atom stereocenters. The van der Waals surface area contributed by atoms with Crippen LogP contribution in [-0.4, -0.2) is 48.9 Å². The fourth-order valence-corrected chi connectivity index (χ4v) is 2.57. The second kappa shape index (κ2) is 8.10. The van der Waals surface area contributed by atoms with Gasteiger partial charge in [0.1, 0.15) is 0 Å². The Kier molecular flexibility index (Phi) is 7.96. The lowest BCUT2D eigenvalue weighted by molar-refractivity contribution is 0.109. The van der Waals surface area contributed by atoms with E-state index in [-0.39, 0.29) is 0 Å². The molecule has 0 bridgehead atoms. The third-order valence-corrected chi connectivity index (χ3v) is 4.24. The van der Waals surface area contributed by atoms with E-state index >= 15 is 0 Å². The van der Waals surface area contributed by atoms with E-state index in [0.29, 0.717) is 19.3 Å². The summed E-state index contributed by atoms with van der Waals surface area (Å²) in [5.41, 5.74) is 5.36. The molecule has 6 heteroatoms. The van der Waals surface area contributed by atoms with Gasteiger partial charge in [0.15, 0.2) is 0 Å². The summed E-state index contributed by atoms with van der Waals surface area (Å²) in [6, 6.07) is 0. The zero-order valence-corrected chi connectivity index (χ0v) is 9.91. The van der Waals surface area contributed by atoms with Crippen molar-refractivity contribution in [2.24, 2.45) is 5.73 Å². The van der Waals surface area contributed by atoms with Gasteiger partial charge >= 0.3 is 8.80 Å². The smallest absolute Gasteiger partial charge is 0.376 e. The normalized spacial score (nSPS) is 11.6. The maximum Gasteiger partial charge on any atom is 0.515 e.